The molecule has 3 rings (SSSR count). The Balaban J connectivity index is 1.92. The molecule has 128 valence electrons. The predicted octanol–water partition coefficient (Wildman–Crippen LogP) is 2.96. The Morgan fingerprint density at radius 3 is 2.36 bits per heavy atom. The molecule has 3 unspecified atom stereocenters. The Hall–Kier alpha value is -0.610. The number of amides is 1. The van der Waals surface area contributed by atoms with Crippen LogP contribution in [0.4, 0.5) is 0 Å². The lowest BCUT2D eigenvalue weighted by atomic mass is 9.66. The van der Waals surface area contributed by atoms with Crippen LogP contribution in [0.2, 0.25) is 0 Å². The number of hydrogen-bond donors (Lipinski definition) is 1. The molecule has 0 aromatic heterocycles. The van der Waals surface area contributed by atoms with Gasteiger partial charge in [0.1, 0.15) is 0 Å². The molecule has 0 aromatic rings. The molecule has 1 aliphatic carbocycles. The summed E-state index contributed by atoms with van der Waals surface area (Å²) in [6, 6.07) is 0.164. The van der Waals surface area contributed by atoms with Crippen molar-refractivity contribution in [3.05, 3.63) is 0 Å². The standard InChI is InChI=1S/C18H34N2O2/c1-6-10-20(11-7-2)13-16(21)19-15-12-14-8-9-18(15,5)22-17(14,3)4/h14-15H,6-13H2,1-5H3,(H,19,21). The fourth-order valence-corrected chi connectivity index (χ4v) is 4.28. The van der Waals surface area contributed by atoms with Gasteiger partial charge in [-0.1, -0.05) is 13.8 Å². The topological polar surface area (TPSA) is 41.6 Å². The van der Waals surface area contributed by atoms with E-state index in [1.54, 1.807) is 0 Å². The van der Waals surface area contributed by atoms with Gasteiger partial charge in [-0.3, -0.25) is 9.69 Å². The molecule has 2 saturated heterocycles. The van der Waals surface area contributed by atoms with E-state index in [1.165, 1.54) is 6.42 Å². The minimum absolute atomic E-state index is 0.0509. The summed E-state index contributed by atoms with van der Waals surface area (Å²) < 4.78 is 6.35. The quantitative estimate of drug-likeness (QED) is 0.786. The number of fused-ring (bicyclic) bond motifs is 3. The average molecular weight is 310 g/mol. The first-order valence-electron chi connectivity index (χ1n) is 9.02. The Morgan fingerprint density at radius 2 is 1.86 bits per heavy atom. The van der Waals surface area contributed by atoms with E-state index in [-0.39, 0.29) is 23.2 Å². The summed E-state index contributed by atoms with van der Waals surface area (Å²) in [4.78, 5) is 14.7. The molecule has 22 heavy (non-hydrogen) atoms. The van der Waals surface area contributed by atoms with Crippen molar-refractivity contribution in [2.75, 3.05) is 19.6 Å². The van der Waals surface area contributed by atoms with Crippen molar-refractivity contribution in [3.63, 3.8) is 0 Å². The van der Waals surface area contributed by atoms with Crippen molar-refractivity contribution >= 4 is 5.91 Å². The van der Waals surface area contributed by atoms with E-state index in [4.69, 9.17) is 4.74 Å². The molecule has 2 heterocycles. The highest BCUT2D eigenvalue weighted by atomic mass is 16.5. The molecule has 2 bridgehead atoms. The van der Waals surface area contributed by atoms with Crippen molar-refractivity contribution in [2.24, 2.45) is 5.92 Å². The van der Waals surface area contributed by atoms with Crippen LogP contribution in [-0.4, -0.2) is 47.7 Å². The molecule has 4 heteroatoms. The maximum atomic E-state index is 12.4. The van der Waals surface area contributed by atoms with Crippen molar-refractivity contribution in [3.8, 4) is 0 Å². The van der Waals surface area contributed by atoms with Crippen molar-refractivity contribution < 1.29 is 9.53 Å². The largest absolute Gasteiger partial charge is 0.367 e. The van der Waals surface area contributed by atoms with Crippen LogP contribution < -0.4 is 5.32 Å². The summed E-state index contributed by atoms with van der Waals surface area (Å²) >= 11 is 0. The molecule has 0 spiro atoms. The van der Waals surface area contributed by atoms with E-state index >= 15 is 0 Å². The highest BCUT2D eigenvalue weighted by Gasteiger charge is 2.54. The second-order valence-electron chi connectivity index (χ2n) is 7.89. The molecule has 3 fully saturated rings. The molecule has 4 nitrogen and oxygen atoms in total. The first-order chi connectivity index (χ1) is 10.3. The first-order valence-corrected chi connectivity index (χ1v) is 9.02. The lowest BCUT2D eigenvalue weighted by molar-refractivity contribution is -0.243. The molecular formula is C18H34N2O2. The third kappa shape index (κ3) is 3.83. The maximum Gasteiger partial charge on any atom is 0.234 e. The first kappa shape index (κ1) is 17.7. The van der Waals surface area contributed by atoms with Gasteiger partial charge in [0, 0.05) is 0 Å². The molecule has 1 saturated carbocycles. The number of carbonyl (C=O) groups excluding carboxylic acids is 1. The van der Waals surface area contributed by atoms with E-state index in [0.717, 1.165) is 38.8 Å². The normalized spacial score (nSPS) is 33.2. The zero-order chi connectivity index (χ0) is 16.4. The van der Waals surface area contributed by atoms with Crippen LogP contribution in [0, 0.1) is 5.92 Å². The summed E-state index contributed by atoms with van der Waals surface area (Å²) in [7, 11) is 0. The summed E-state index contributed by atoms with van der Waals surface area (Å²) in [6.45, 7) is 13.4. The van der Waals surface area contributed by atoms with Crippen molar-refractivity contribution in [2.45, 2.75) is 84.0 Å². The summed E-state index contributed by atoms with van der Waals surface area (Å²) in [6.07, 6.45) is 5.51. The van der Waals surface area contributed by atoms with Gasteiger partial charge < -0.3 is 10.1 Å². The van der Waals surface area contributed by atoms with Crippen molar-refractivity contribution in [1.82, 2.24) is 10.2 Å². The highest BCUT2D eigenvalue weighted by Crippen LogP contribution is 2.49. The summed E-state index contributed by atoms with van der Waals surface area (Å²) in [5, 5.41) is 3.27. The van der Waals surface area contributed by atoms with E-state index in [1.807, 2.05) is 0 Å². The number of nitrogens with one attached hydrogen (secondary N) is 1. The van der Waals surface area contributed by atoms with Crippen LogP contribution in [0.15, 0.2) is 0 Å². The predicted molar refractivity (Wildman–Crippen MR) is 89.9 cm³/mol. The van der Waals surface area contributed by atoms with Gasteiger partial charge in [0.25, 0.3) is 0 Å². The van der Waals surface area contributed by atoms with Gasteiger partial charge in [0.15, 0.2) is 0 Å². The number of ether oxygens (including phenoxy) is 1. The molecule has 0 radical (unpaired) electrons. The number of rotatable bonds is 7. The van der Waals surface area contributed by atoms with E-state index in [2.05, 4.69) is 44.8 Å². The molecular weight excluding hydrogens is 276 g/mol. The van der Waals surface area contributed by atoms with Gasteiger partial charge in [-0.15, -0.1) is 0 Å². The third-order valence-electron chi connectivity index (χ3n) is 5.51. The number of hydrogen-bond acceptors (Lipinski definition) is 3. The number of carbonyl (C=O) groups is 1. The minimum atomic E-state index is -0.200. The second-order valence-corrected chi connectivity index (χ2v) is 7.89. The lowest BCUT2D eigenvalue weighted by Gasteiger charge is -2.57. The maximum absolute atomic E-state index is 12.4. The van der Waals surface area contributed by atoms with Crippen LogP contribution in [0.3, 0.4) is 0 Å². The monoisotopic (exact) mass is 310 g/mol. The van der Waals surface area contributed by atoms with Crippen LogP contribution in [0.25, 0.3) is 0 Å². The van der Waals surface area contributed by atoms with Gasteiger partial charge in [-0.25, -0.2) is 0 Å². The van der Waals surface area contributed by atoms with E-state index in [0.29, 0.717) is 12.5 Å². The van der Waals surface area contributed by atoms with Crippen LogP contribution in [0.1, 0.15) is 66.7 Å². The lowest BCUT2D eigenvalue weighted by Crippen LogP contribution is -2.66. The third-order valence-corrected chi connectivity index (χ3v) is 5.51. The van der Waals surface area contributed by atoms with Crippen molar-refractivity contribution in [1.29, 1.82) is 0 Å². The highest BCUT2D eigenvalue weighted by molar-refractivity contribution is 5.78. The van der Waals surface area contributed by atoms with Crippen LogP contribution in [0.5, 0.6) is 0 Å². The molecule has 1 amide bonds. The fraction of sp³-hybridized carbons (Fsp3) is 0.944. The van der Waals surface area contributed by atoms with E-state index < -0.39 is 0 Å². The van der Waals surface area contributed by atoms with Gasteiger partial charge in [0.2, 0.25) is 5.91 Å². The Kier molecular flexibility index (Phi) is 5.54. The fourth-order valence-electron chi connectivity index (χ4n) is 4.28. The van der Waals surface area contributed by atoms with Gasteiger partial charge in [-0.05, 0) is 71.9 Å². The average Bonchev–Trinajstić information content (AvgIpc) is 2.40. The minimum Gasteiger partial charge on any atom is -0.367 e. The summed E-state index contributed by atoms with van der Waals surface area (Å²) in [5.41, 5.74) is -0.251. The van der Waals surface area contributed by atoms with Gasteiger partial charge >= 0.3 is 0 Å². The Morgan fingerprint density at radius 1 is 1.23 bits per heavy atom. The zero-order valence-electron chi connectivity index (χ0n) is 15.1. The Labute approximate surface area is 136 Å². The molecule has 3 atom stereocenters. The van der Waals surface area contributed by atoms with Gasteiger partial charge in [-0.2, -0.15) is 0 Å². The zero-order valence-corrected chi connectivity index (χ0v) is 15.1. The molecule has 0 aromatic carbocycles. The number of nitrogens with zero attached hydrogens (tertiary/aromatic N) is 1. The summed E-state index contributed by atoms with van der Waals surface area (Å²) in [5.74, 6) is 0.712. The SMILES string of the molecule is CCCN(CCC)CC(=O)NC1CC2CCC1(C)OC2(C)C. The second kappa shape index (κ2) is 6.88. The molecule has 1 N–H and O–H groups in total. The van der Waals surface area contributed by atoms with E-state index in [9.17, 15) is 4.79 Å². The van der Waals surface area contributed by atoms with Crippen LogP contribution in [-0.2, 0) is 9.53 Å². The van der Waals surface area contributed by atoms with Crippen LogP contribution >= 0.6 is 0 Å². The Bertz CT molecular complexity index is 391. The van der Waals surface area contributed by atoms with Gasteiger partial charge in [0.05, 0.1) is 23.8 Å². The smallest absolute Gasteiger partial charge is 0.234 e. The molecule has 2 aliphatic heterocycles. The molecule has 3 aliphatic rings.